The fourth-order valence-corrected chi connectivity index (χ4v) is 4.77. The van der Waals surface area contributed by atoms with Crippen molar-refractivity contribution in [1.82, 2.24) is 24.5 Å². The van der Waals surface area contributed by atoms with Crippen LogP contribution in [0.25, 0.3) is 27.7 Å². The number of nitrogen functional groups attached to an aromatic ring is 1. The molecular weight excluding hydrogens is 456 g/mol. The van der Waals surface area contributed by atoms with Gasteiger partial charge in [-0.15, -0.1) is 0 Å². The number of aryl methyl sites for hydroxylation is 1. The van der Waals surface area contributed by atoms with Crippen molar-refractivity contribution in [2.75, 3.05) is 18.8 Å². The molecule has 1 aliphatic heterocycles. The predicted molar refractivity (Wildman–Crippen MR) is 125 cm³/mol. The first kappa shape index (κ1) is 19.9. The first-order valence-corrected chi connectivity index (χ1v) is 11.3. The molecule has 158 valence electrons. The SMILES string of the molecule is Nc1c(Br)c(CCC2CCN(C=O)CC2)nc2c(-c3cnc4ccccc4c3)cnn12. The molecule has 8 heteroatoms. The van der Waals surface area contributed by atoms with E-state index in [1.165, 1.54) is 0 Å². The van der Waals surface area contributed by atoms with E-state index < -0.39 is 0 Å². The van der Waals surface area contributed by atoms with E-state index in [2.05, 4.69) is 38.1 Å². The molecule has 4 heterocycles. The highest BCUT2D eigenvalue weighted by Gasteiger charge is 2.21. The van der Waals surface area contributed by atoms with Gasteiger partial charge < -0.3 is 10.6 Å². The Morgan fingerprint density at radius 3 is 2.81 bits per heavy atom. The maximum absolute atomic E-state index is 10.9. The minimum absolute atomic E-state index is 0.552. The fourth-order valence-electron chi connectivity index (χ4n) is 4.32. The van der Waals surface area contributed by atoms with Crippen LogP contribution in [-0.4, -0.2) is 44.0 Å². The number of nitrogens with two attached hydrogens (primary N) is 1. The largest absolute Gasteiger partial charge is 0.383 e. The molecule has 0 aliphatic carbocycles. The van der Waals surface area contributed by atoms with Crippen LogP contribution in [0.1, 0.15) is 25.0 Å². The third-order valence-electron chi connectivity index (χ3n) is 6.18. The Morgan fingerprint density at radius 2 is 2.00 bits per heavy atom. The Labute approximate surface area is 188 Å². The zero-order chi connectivity index (χ0) is 21.4. The van der Waals surface area contributed by atoms with Gasteiger partial charge in [0.05, 0.1) is 21.9 Å². The van der Waals surface area contributed by atoms with Crippen LogP contribution in [-0.2, 0) is 11.2 Å². The number of hydrogen-bond acceptors (Lipinski definition) is 5. The lowest BCUT2D eigenvalue weighted by Crippen LogP contribution is -2.32. The van der Waals surface area contributed by atoms with Crippen LogP contribution in [0, 0.1) is 5.92 Å². The van der Waals surface area contributed by atoms with Gasteiger partial charge >= 0.3 is 0 Å². The molecule has 31 heavy (non-hydrogen) atoms. The van der Waals surface area contributed by atoms with Crippen LogP contribution in [0.4, 0.5) is 5.82 Å². The molecule has 0 radical (unpaired) electrons. The van der Waals surface area contributed by atoms with Crippen LogP contribution in [0.5, 0.6) is 0 Å². The van der Waals surface area contributed by atoms with Crippen molar-refractivity contribution in [3.05, 3.63) is 52.9 Å². The van der Waals surface area contributed by atoms with Crippen molar-refractivity contribution >= 4 is 44.7 Å². The number of carbonyl (C=O) groups is 1. The Balaban J connectivity index is 1.46. The number of fused-ring (bicyclic) bond motifs is 2. The zero-order valence-corrected chi connectivity index (χ0v) is 18.6. The van der Waals surface area contributed by atoms with Gasteiger partial charge in [-0.1, -0.05) is 18.2 Å². The molecule has 1 fully saturated rings. The highest BCUT2D eigenvalue weighted by atomic mass is 79.9. The van der Waals surface area contributed by atoms with Crippen molar-refractivity contribution in [3.8, 4) is 11.1 Å². The van der Waals surface area contributed by atoms with Gasteiger partial charge in [-0.25, -0.2) is 4.98 Å². The number of amides is 1. The van der Waals surface area contributed by atoms with E-state index in [9.17, 15) is 4.79 Å². The Morgan fingerprint density at radius 1 is 1.19 bits per heavy atom. The van der Waals surface area contributed by atoms with Crippen molar-refractivity contribution < 1.29 is 4.79 Å². The van der Waals surface area contributed by atoms with Gasteiger partial charge in [-0.3, -0.25) is 9.78 Å². The molecule has 2 N–H and O–H groups in total. The lowest BCUT2D eigenvalue weighted by atomic mass is 9.92. The number of pyridine rings is 1. The van der Waals surface area contributed by atoms with Crippen molar-refractivity contribution in [1.29, 1.82) is 0 Å². The van der Waals surface area contributed by atoms with Gasteiger partial charge in [-0.05, 0) is 59.7 Å². The second-order valence-electron chi connectivity index (χ2n) is 8.09. The van der Waals surface area contributed by atoms with Crippen molar-refractivity contribution in [2.45, 2.75) is 25.7 Å². The van der Waals surface area contributed by atoms with E-state index >= 15 is 0 Å². The molecule has 7 nitrogen and oxygen atoms in total. The van der Waals surface area contributed by atoms with Crippen LogP contribution in [0.2, 0.25) is 0 Å². The molecule has 0 saturated carbocycles. The lowest BCUT2D eigenvalue weighted by Gasteiger charge is -2.29. The number of benzene rings is 1. The van der Waals surface area contributed by atoms with Gasteiger partial charge in [0.15, 0.2) is 5.65 Å². The fraction of sp³-hybridized carbons (Fsp3) is 0.304. The molecular formula is C23H23BrN6O. The maximum Gasteiger partial charge on any atom is 0.209 e. The highest BCUT2D eigenvalue weighted by molar-refractivity contribution is 9.10. The summed E-state index contributed by atoms with van der Waals surface area (Å²) in [7, 11) is 0. The van der Waals surface area contributed by atoms with Crippen LogP contribution in [0.15, 0.2) is 47.2 Å². The number of hydrogen-bond donors (Lipinski definition) is 1. The van der Waals surface area contributed by atoms with E-state index in [1.54, 1.807) is 10.7 Å². The highest BCUT2D eigenvalue weighted by Crippen LogP contribution is 2.32. The van der Waals surface area contributed by atoms with Crippen LogP contribution in [0.3, 0.4) is 0 Å². The molecule has 1 amide bonds. The molecule has 1 aromatic carbocycles. The maximum atomic E-state index is 10.9. The molecule has 0 atom stereocenters. The summed E-state index contributed by atoms with van der Waals surface area (Å²) in [4.78, 5) is 22.3. The quantitative estimate of drug-likeness (QED) is 0.436. The van der Waals surface area contributed by atoms with E-state index in [4.69, 9.17) is 10.7 Å². The minimum Gasteiger partial charge on any atom is -0.383 e. The number of nitrogens with zero attached hydrogens (tertiary/aromatic N) is 5. The Kier molecular flexibility index (Phi) is 5.31. The number of para-hydroxylation sites is 1. The molecule has 3 aromatic heterocycles. The second kappa shape index (κ2) is 8.26. The van der Waals surface area contributed by atoms with Crippen LogP contribution >= 0.6 is 15.9 Å². The summed E-state index contributed by atoms with van der Waals surface area (Å²) < 4.78 is 2.48. The zero-order valence-electron chi connectivity index (χ0n) is 17.0. The van der Waals surface area contributed by atoms with E-state index in [-0.39, 0.29) is 0 Å². The number of rotatable bonds is 5. The molecule has 1 saturated heterocycles. The van der Waals surface area contributed by atoms with Gasteiger partial charge in [0.2, 0.25) is 6.41 Å². The number of likely N-dealkylation sites (tertiary alicyclic amines) is 1. The molecule has 0 bridgehead atoms. The number of piperidine rings is 1. The monoisotopic (exact) mass is 478 g/mol. The minimum atomic E-state index is 0.552. The summed E-state index contributed by atoms with van der Waals surface area (Å²) >= 11 is 3.63. The molecule has 5 rings (SSSR count). The first-order chi connectivity index (χ1) is 15.1. The number of anilines is 1. The van der Waals surface area contributed by atoms with E-state index in [0.29, 0.717) is 11.7 Å². The number of halogens is 1. The molecule has 4 aromatic rings. The lowest BCUT2D eigenvalue weighted by molar-refractivity contribution is -0.119. The molecule has 1 aliphatic rings. The summed E-state index contributed by atoms with van der Waals surface area (Å²) in [6.45, 7) is 1.68. The third kappa shape index (κ3) is 3.76. The summed E-state index contributed by atoms with van der Waals surface area (Å²) in [5.41, 5.74) is 10.9. The second-order valence-corrected chi connectivity index (χ2v) is 8.88. The summed E-state index contributed by atoms with van der Waals surface area (Å²) in [5, 5.41) is 5.55. The van der Waals surface area contributed by atoms with Gasteiger partial charge in [-0.2, -0.15) is 9.61 Å². The Hall–Kier alpha value is -3.00. The predicted octanol–water partition coefficient (Wildman–Crippen LogP) is 4.09. The number of aromatic nitrogens is 4. The van der Waals surface area contributed by atoms with Crippen LogP contribution < -0.4 is 5.73 Å². The topological polar surface area (TPSA) is 89.4 Å². The van der Waals surface area contributed by atoms with E-state index in [1.807, 2.05) is 29.3 Å². The van der Waals surface area contributed by atoms with E-state index in [0.717, 1.165) is 83.0 Å². The van der Waals surface area contributed by atoms with Crippen molar-refractivity contribution in [3.63, 3.8) is 0 Å². The standard InChI is InChI=1S/C23H23BrN6O/c24-21-20(6-5-15-7-9-29(14-31)10-8-15)28-23-18(13-27-30(23)22(21)25)17-11-16-3-1-2-4-19(16)26-12-17/h1-4,11-15H,5-10,25H2. The summed E-state index contributed by atoms with van der Waals surface area (Å²) in [6.07, 6.45) is 8.54. The summed E-state index contributed by atoms with van der Waals surface area (Å²) in [5.74, 6) is 1.15. The third-order valence-corrected chi connectivity index (χ3v) is 7.04. The van der Waals surface area contributed by atoms with Gasteiger partial charge in [0.1, 0.15) is 5.82 Å². The smallest absolute Gasteiger partial charge is 0.209 e. The van der Waals surface area contributed by atoms with Gasteiger partial charge in [0, 0.05) is 35.8 Å². The summed E-state index contributed by atoms with van der Waals surface area (Å²) in [6, 6.07) is 10.2. The Bertz CT molecular complexity index is 1260. The average Bonchev–Trinajstić information content (AvgIpc) is 3.24. The molecule has 0 unspecified atom stereocenters. The normalized spacial score (nSPS) is 15.1. The van der Waals surface area contributed by atoms with Gasteiger partial charge in [0.25, 0.3) is 0 Å². The average molecular weight is 479 g/mol. The van der Waals surface area contributed by atoms with Crippen molar-refractivity contribution in [2.24, 2.45) is 5.92 Å². The molecule has 0 spiro atoms. The number of carbonyl (C=O) groups excluding carboxylic acids is 1. The first-order valence-electron chi connectivity index (χ1n) is 10.5.